The number of hydrogen-bond acceptors (Lipinski definition) is 6. The molecule has 11 heteroatoms. The minimum Gasteiger partial charge on any atom is -0.491 e. The number of nitrogens with zero attached hydrogens (tertiary/aromatic N) is 3. The fraction of sp³-hybridized carbons (Fsp3) is 0.192. The molecule has 192 valence electrons. The molecule has 0 bridgehead atoms. The van der Waals surface area contributed by atoms with Crippen molar-refractivity contribution in [2.45, 2.75) is 18.4 Å². The molecule has 1 saturated heterocycles. The summed E-state index contributed by atoms with van der Waals surface area (Å²) in [7, 11) is 0. The lowest BCUT2D eigenvalue weighted by molar-refractivity contribution is -0.742. The van der Waals surface area contributed by atoms with Gasteiger partial charge in [-0.3, -0.25) is 0 Å². The second-order valence-electron chi connectivity index (χ2n) is 8.10. The molecule has 0 aliphatic carbocycles. The van der Waals surface area contributed by atoms with Crippen molar-refractivity contribution in [2.75, 3.05) is 13.2 Å². The molecule has 1 N–H and O–H groups in total. The molecule has 0 spiro atoms. The van der Waals surface area contributed by atoms with Crippen LogP contribution in [-0.4, -0.2) is 39.2 Å². The summed E-state index contributed by atoms with van der Waals surface area (Å²) in [6, 6.07) is 24.4. The molecule has 0 amide bonds. The molecular weight excluding hydrogens is 610 g/mol. The molecule has 2 heterocycles. The zero-order valence-electron chi connectivity index (χ0n) is 19.4. The number of hydrogen-bond donors (Lipinski definition) is 1. The molecule has 5 rings (SSSR count). The number of imidazole rings is 1. The summed E-state index contributed by atoms with van der Waals surface area (Å²) in [5.41, 5.74) is 3.26. The number of ether oxygens (including phenoxy) is 3. The van der Waals surface area contributed by atoms with Crippen LogP contribution in [0.3, 0.4) is 0 Å². The van der Waals surface area contributed by atoms with Gasteiger partial charge in [-0.05, 0) is 35.4 Å². The van der Waals surface area contributed by atoms with Gasteiger partial charge in [0.15, 0.2) is 0 Å². The SMILES string of the molecule is Brc1ccc(C2(Cn3ccnc3)OCC(COc3ccc(-c4ccccc4)cc3)O2)c(Br)c1.O=[N+]([O-])O. The summed E-state index contributed by atoms with van der Waals surface area (Å²) in [5, 5.41) is 13.6. The predicted octanol–water partition coefficient (Wildman–Crippen LogP) is 6.07. The van der Waals surface area contributed by atoms with Crippen molar-refractivity contribution in [3.63, 3.8) is 0 Å². The highest BCUT2D eigenvalue weighted by atomic mass is 79.9. The first kappa shape index (κ1) is 26.8. The third-order valence-corrected chi connectivity index (χ3v) is 6.70. The van der Waals surface area contributed by atoms with Crippen LogP contribution in [0.4, 0.5) is 0 Å². The van der Waals surface area contributed by atoms with Gasteiger partial charge in [-0.25, -0.2) is 4.98 Å². The Bertz CT molecular complexity index is 1300. The molecule has 1 fully saturated rings. The maximum absolute atomic E-state index is 8.36. The molecule has 2 atom stereocenters. The van der Waals surface area contributed by atoms with E-state index in [4.69, 9.17) is 29.5 Å². The van der Waals surface area contributed by atoms with Crippen LogP contribution in [0.2, 0.25) is 0 Å². The van der Waals surface area contributed by atoms with Crippen molar-refractivity contribution in [2.24, 2.45) is 0 Å². The highest BCUT2D eigenvalue weighted by molar-refractivity contribution is 9.11. The number of rotatable bonds is 7. The van der Waals surface area contributed by atoms with Crippen LogP contribution in [0.25, 0.3) is 11.1 Å². The Hall–Kier alpha value is -3.25. The molecule has 9 nitrogen and oxygen atoms in total. The Kier molecular flexibility index (Phi) is 8.93. The van der Waals surface area contributed by atoms with Gasteiger partial charge < -0.3 is 24.0 Å². The van der Waals surface area contributed by atoms with Crippen LogP contribution in [0.15, 0.2) is 100 Å². The van der Waals surface area contributed by atoms with E-state index >= 15 is 0 Å². The van der Waals surface area contributed by atoms with E-state index in [9.17, 15) is 0 Å². The van der Waals surface area contributed by atoms with Gasteiger partial charge in [-0.1, -0.05) is 80.4 Å². The number of benzene rings is 3. The van der Waals surface area contributed by atoms with E-state index in [0.717, 1.165) is 25.8 Å². The fourth-order valence-corrected chi connectivity index (χ4v) is 5.29. The van der Waals surface area contributed by atoms with Crippen molar-refractivity contribution in [3.05, 3.63) is 116 Å². The third-order valence-electron chi connectivity index (χ3n) is 5.55. The monoisotopic (exact) mass is 631 g/mol. The molecule has 0 saturated carbocycles. The second-order valence-corrected chi connectivity index (χ2v) is 9.87. The minimum atomic E-state index is -1.50. The summed E-state index contributed by atoms with van der Waals surface area (Å²) in [4.78, 5) is 12.5. The van der Waals surface area contributed by atoms with Gasteiger partial charge in [-0.15, -0.1) is 10.1 Å². The summed E-state index contributed by atoms with van der Waals surface area (Å²) in [6.07, 6.45) is 5.20. The number of halogens is 2. The standard InChI is InChI=1S/C26H22Br2N2O3.HNO3/c27-21-8-11-24(25(28)14-21)26(17-30-13-12-29-18-30)32-16-23(33-26)15-31-22-9-6-20(7-10-22)19-4-2-1-3-5-19;2-1(3)4/h1-14,18,23H,15-17H2;(H,2,3,4). The topological polar surface area (TPSA) is 109 Å². The van der Waals surface area contributed by atoms with Crippen LogP contribution >= 0.6 is 31.9 Å². The third kappa shape index (κ3) is 7.16. The van der Waals surface area contributed by atoms with Crippen LogP contribution in [0.5, 0.6) is 5.75 Å². The first-order valence-electron chi connectivity index (χ1n) is 11.2. The quantitative estimate of drug-likeness (QED) is 0.194. The van der Waals surface area contributed by atoms with Gasteiger partial charge in [-0.2, -0.15) is 0 Å². The molecule has 1 aliphatic heterocycles. The van der Waals surface area contributed by atoms with Gasteiger partial charge in [0, 0.05) is 26.9 Å². The molecule has 1 aliphatic rings. The molecule has 1 aromatic heterocycles. The Morgan fingerprint density at radius 2 is 1.81 bits per heavy atom. The van der Waals surface area contributed by atoms with Gasteiger partial charge >= 0.3 is 0 Å². The van der Waals surface area contributed by atoms with Crippen molar-refractivity contribution < 1.29 is 24.5 Å². The Labute approximate surface area is 230 Å². The van der Waals surface area contributed by atoms with E-state index < -0.39 is 10.9 Å². The summed E-state index contributed by atoms with van der Waals surface area (Å²) in [5.74, 6) is -0.138. The lowest BCUT2D eigenvalue weighted by Crippen LogP contribution is -2.34. The Morgan fingerprint density at radius 1 is 1.11 bits per heavy atom. The molecule has 0 radical (unpaired) electrons. The highest BCUT2D eigenvalue weighted by Crippen LogP contribution is 2.40. The summed E-state index contributed by atoms with van der Waals surface area (Å²) in [6.45, 7) is 1.30. The summed E-state index contributed by atoms with van der Waals surface area (Å²) >= 11 is 7.19. The minimum absolute atomic E-state index is 0.210. The lowest BCUT2D eigenvalue weighted by atomic mass is 10.1. The number of aromatic nitrogens is 2. The first-order valence-corrected chi connectivity index (χ1v) is 12.8. The van der Waals surface area contributed by atoms with Gasteiger partial charge in [0.05, 0.1) is 19.5 Å². The van der Waals surface area contributed by atoms with Crippen LogP contribution in [0, 0.1) is 10.1 Å². The van der Waals surface area contributed by atoms with Crippen molar-refractivity contribution in [3.8, 4) is 16.9 Å². The van der Waals surface area contributed by atoms with Crippen molar-refractivity contribution in [1.82, 2.24) is 9.55 Å². The Morgan fingerprint density at radius 3 is 2.46 bits per heavy atom. The summed E-state index contributed by atoms with van der Waals surface area (Å²) < 4.78 is 22.7. The molecule has 37 heavy (non-hydrogen) atoms. The van der Waals surface area contributed by atoms with Gasteiger partial charge in [0.1, 0.15) is 18.5 Å². The van der Waals surface area contributed by atoms with Crippen molar-refractivity contribution >= 4 is 31.9 Å². The maximum atomic E-state index is 8.36. The zero-order valence-corrected chi connectivity index (χ0v) is 22.6. The average Bonchev–Trinajstić information content (AvgIpc) is 3.54. The zero-order chi connectivity index (χ0) is 26.3. The first-order chi connectivity index (χ1) is 17.8. The Balaban J connectivity index is 0.000000747. The molecule has 3 aromatic carbocycles. The second kappa shape index (κ2) is 12.3. The van der Waals surface area contributed by atoms with Gasteiger partial charge in [0.25, 0.3) is 5.09 Å². The fourth-order valence-electron chi connectivity index (χ4n) is 3.94. The highest BCUT2D eigenvalue weighted by Gasteiger charge is 2.45. The molecular formula is C26H23Br2N3O6. The van der Waals surface area contributed by atoms with E-state index in [0.29, 0.717) is 19.8 Å². The maximum Gasteiger partial charge on any atom is 0.291 e. The smallest absolute Gasteiger partial charge is 0.291 e. The predicted molar refractivity (Wildman–Crippen MR) is 143 cm³/mol. The van der Waals surface area contributed by atoms with Crippen LogP contribution in [0.1, 0.15) is 5.56 Å². The van der Waals surface area contributed by atoms with Crippen molar-refractivity contribution in [1.29, 1.82) is 0 Å². The average molecular weight is 633 g/mol. The van der Waals surface area contributed by atoms with Crippen LogP contribution < -0.4 is 4.74 Å². The van der Waals surface area contributed by atoms with Crippen LogP contribution in [-0.2, 0) is 21.8 Å². The van der Waals surface area contributed by atoms with E-state index in [-0.39, 0.29) is 6.10 Å². The van der Waals surface area contributed by atoms with E-state index in [2.05, 4.69) is 61.1 Å². The largest absolute Gasteiger partial charge is 0.491 e. The van der Waals surface area contributed by atoms with E-state index in [1.54, 1.807) is 12.5 Å². The molecule has 4 aromatic rings. The molecule has 2 unspecified atom stereocenters. The van der Waals surface area contributed by atoms with E-state index in [1.807, 2.05) is 59.3 Å². The lowest BCUT2D eigenvalue weighted by Gasteiger charge is -2.30. The van der Waals surface area contributed by atoms with Gasteiger partial charge in [0.2, 0.25) is 5.79 Å². The van der Waals surface area contributed by atoms with E-state index in [1.165, 1.54) is 5.56 Å². The normalized spacial score (nSPS) is 18.6.